The van der Waals surface area contributed by atoms with Crippen molar-refractivity contribution in [2.75, 3.05) is 31.0 Å². The summed E-state index contributed by atoms with van der Waals surface area (Å²) in [5.41, 5.74) is 3.23. The van der Waals surface area contributed by atoms with Crippen molar-refractivity contribution in [3.8, 4) is 11.5 Å². The number of guanidine groups is 1. The van der Waals surface area contributed by atoms with Crippen LogP contribution in [0.3, 0.4) is 0 Å². The second-order valence-electron chi connectivity index (χ2n) is 7.14. The molecule has 2 amide bonds. The minimum atomic E-state index is -0.344. The van der Waals surface area contributed by atoms with Gasteiger partial charge in [-0.3, -0.25) is 10.3 Å². The molecule has 0 fully saturated rings. The van der Waals surface area contributed by atoms with Gasteiger partial charge in [0.2, 0.25) is 5.96 Å². The van der Waals surface area contributed by atoms with E-state index in [1.807, 2.05) is 42.2 Å². The maximum Gasteiger partial charge on any atom is 0.321 e. The Morgan fingerprint density at radius 2 is 1.82 bits per heavy atom. The van der Waals surface area contributed by atoms with Crippen molar-refractivity contribution in [2.45, 2.75) is 13.5 Å². The van der Waals surface area contributed by atoms with Crippen LogP contribution in [-0.2, 0) is 6.54 Å². The molecular weight excluding hydrogens is 422 g/mol. The molecule has 3 N–H and O–H groups in total. The molecule has 170 valence electrons. The molecule has 0 unspecified atom stereocenters. The van der Waals surface area contributed by atoms with Gasteiger partial charge in [0.05, 0.1) is 32.1 Å². The molecule has 4 rings (SSSR count). The van der Waals surface area contributed by atoms with Crippen molar-refractivity contribution in [1.82, 2.24) is 20.6 Å². The van der Waals surface area contributed by atoms with Gasteiger partial charge in [0.1, 0.15) is 17.3 Å². The van der Waals surface area contributed by atoms with Crippen LogP contribution in [0.5, 0.6) is 11.5 Å². The van der Waals surface area contributed by atoms with Crippen LogP contribution in [0.2, 0.25) is 0 Å². The fraction of sp³-hybridized carbons (Fsp3) is 0.217. The van der Waals surface area contributed by atoms with E-state index in [0.29, 0.717) is 42.1 Å². The Kier molecular flexibility index (Phi) is 6.53. The smallest absolute Gasteiger partial charge is 0.321 e. The summed E-state index contributed by atoms with van der Waals surface area (Å²) in [6.45, 7) is 2.79. The molecule has 0 saturated carbocycles. The molecule has 3 heterocycles. The first-order chi connectivity index (χ1) is 16.1. The molecule has 0 saturated heterocycles. The van der Waals surface area contributed by atoms with Crippen LogP contribution < -0.4 is 30.3 Å². The molecule has 33 heavy (non-hydrogen) atoms. The third-order valence-corrected chi connectivity index (χ3v) is 4.94. The largest absolute Gasteiger partial charge is 0.497 e. The maximum atomic E-state index is 12.3. The number of hydrogen-bond donors (Lipinski definition) is 3. The fourth-order valence-corrected chi connectivity index (χ4v) is 3.33. The predicted octanol–water partition coefficient (Wildman–Crippen LogP) is 3.56. The Bertz CT molecular complexity index is 1150. The van der Waals surface area contributed by atoms with E-state index >= 15 is 0 Å². The summed E-state index contributed by atoms with van der Waals surface area (Å²) < 4.78 is 10.8. The molecule has 3 aromatic rings. The van der Waals surface area contributed by atoms with Crippen LogP contribution in [-0.4, -0.2) is 42.7 Å². The van der Waals surface area contributed by atoms with Gasteiger partial charge in [-0.1, -0.05) is 0 Å². The summed E-state index contributed by atoms with van der Waals surface area (Å²) in [6.07, 6.45) is 5.18. The number of aliphatic imine (C=N–C) groups is 1. The summed E-state index contributed by atoms with van der Waals surface area (Å²) in [4.78, 5) is 27.5. The number of fused-ring (bicyclic) bond motifs is 1. The van der Waals surface area contributed by atoms with Crippen molar-refractivity contribution in [2.24, 2.45) is 4.99 Å². The highest BCUT2D eigenvalue weighted by Gasteiger charge is 2.24. The molecule has 0 bridgehead atoms. The number of hydrogen-bond acceptors (Lipinski definition) is 8. The first kappa shape index (κ1) is 21.9. The second-order valence-corrected chi connectivity index (χ2v) is 7.14. The van der Waals surface area contributed by atoms with Crippen molar-refractivity contribution in [3.63, 3.8) is 0 Å². The quantitative estimate of drug-likeness (QED) is 0.529. The lowest BCUT2D eigenvalue weighted by Crippen LogP contribution is -2.48. The monoisotopic (exact) mass is 447 g/mol. The van der Waals surface area contributed by atoms with E-state index in [-0.39, 0.29) is 6.03 Å². The first-order valence-corrected chi connectivity index (χ1v) is 10.4. The molecule has 1 aliphatic heterocycles. The lowest BCUT2D eigenvalue weighted by Gasteiger charge is -2.31. The minimum absolute atomic E-state index is 0.344. The van der Waals surface area contributed by atoms with E-state index in [1.54, 1.807) is 38.9 Å². The molecular formula is C23H25N7O3. The van der Waals surface area contributed by atoms with Crippen molar-refractivity contribution in [1.29, 1.82) is 0 Å². The van der Waals surface area contributed by atoms with E-state index in [0.717, 1.165) is 16.9 Å². The Morgan fingerprint density at radius 1 is 1.09 bits per heavy atom. The highest BCUT2D eigenvalue weighted by molar-refractivity contribution is 6.07. The van der Waals surface area contributed by atoms with Gasteiger partial charge in [0.25, 0.3) is 0 Å². The van der Waals surface area contributed by atoms with Crippen molar-refractivity contribution >= 4 is 34.9 Å². The molecule has 0 spiro atoms. The summed E-state index contributed by atoms with van der Waals surface area (Å²) in [5.74, 6) is 2.27. The average molecular weight is 447 g/mol. The number of pyridine rings is 2. The van der Waals surface area contributed by atoms with Crippen molar-refractivity contribution in [3.05, 3.63) is 60.6 Å². The first-order valence-electron chi connectivity index (χ1n) is 10.4. The van der Waals surface area contributed by atoms with E-state index in [4.69, 9.17) is 14.5 Å². The number of amides is 2. The van der Waals surface area contributed by atoms with Crippen LogP contribution in [0.25, 0.3) is 0 Å². The van der Waals surface area contributed by atoms with Gasteiger partial charge in [-0.25, -0.2) is 14.8 Å². The van der Waals surface area contributed by atoms with Gasteiger partial charge in [0.15, 0.2) is 0 Å². The molecule has 10 nitrogen and oxygen atoms in total. The fourth-order valence-electron chi connectivity index (χ4n) is 3.33. The average Bonchev–Trinajstić information content (AvgIpc) is 2.84. The number of carbonyl (C=O) groups excluding carboxylic acids is 1. The molecule has 10 heteroatoms. The summed E-state index contributed by atoms with van der Waals surface area (Å²) in [6, 6.07) is 10.7. The number of anilines is 3. The zero-order valence-corrected chi connectivity index (χ0v) is 18.6. The van der Waals surface area contributed by atoms with Crippen LogP contribution >= 0.6 is 0 Å². The maximum absolute atomic E-state index is 12.3. The number of nitrogens with one attached hydrogen (secondary N) is 3. The van der Waals surface area contributed by atoms with Gasteiger partial charge >= 0.3 is 6.03 Å². The molecule has 0 aliphatic carbocycles. The number of methoxy groups -OCH3 is 2. The molecule has 2 aromatic heterocycles. The van der Waals surface area contributed by atoms with Gasteiger partial charge in [-0.05, 0) is 19.1 Å². The number of carbonyl (C=O) groups is 1. The highest BCUT2D eigenvalue weighted by atomic mass is 16.5. The number of nitrogens with zero attached hydrogens (tertiary/aromatic N) is 4. The van der Waals surface area contributed by atoms with Gasteiger partial charge in [0, 0.05) is 60.7 Å². The number of benzene rings is 1. The predicted molar refractivity (Wildman–Crippen MR) is 127 cm³/mol. The Hall–Kier alpha value is -4.34. The lowest BCUT2D eigenvalue weighted by molar-refractivity contribution is 0.245. The Labute approximate surface area is 191 Å². The summed E-state index contributed by atoms with van der Waals surface area (Å²) >= 11 is 0. The van der Waals surface area contributed by atoms with Crippen LogP contribution in [0.15, 0.2) is 60.0 Å². The van der Waals surface area contributed by atoms with E-state index < -0.39 is 0 Å². The van der Waals surface area contributed by atoms with E-state index in [2.05, 4.69) is 25.9 Å². The van der Waals surface area contributed by atoms with Gasteiger partial charge in [-0.15, -0.1) is 0 Å². The topological polar surface area (TPSA) is 113 Å². The zero-order valence-electron chi connectivity index (χ0n) is 18.6. The van der Waals surface area contributed by atoms with Crippen LogP contribution in [0.4, 0.5) is 27.7 Å². The molecule has 1 aromatic carbocycles. The number of ether oxygens (including phenoxy) is 2. The molecule has 0 atom stereocenters. The molecule has 1 aliphatic rings. The van der Waals surface area contributed by atoms with E-state index in [9.17, 15) is 4.79 Å². The number of aromatic nitrogens is 2. The van der Waals surface area contributed by atoms with Gasteiger partial charge < -0.3 is 25.0 Å². The van der Waals surface area contributed by atoms with Crippen LogP contribution in [0, 0.1) is 0 Å². The Balaban J connectivity index is 1.70. The standard InChI is InChI=1S/C23H25N7O3/c1-4-25-23(31)29-22-28-20-12-21(27-16-5-7-24-8-6-16)26-13-15(20)14-30(22)17-9-18(32-2)11-19(10-17)33-3/h5-13H,4,14H2,1-3H3,(H,24,26,27)(H2,25,28,29,31). The third kappa shape index (κ3) is 5.12. The van der Waals surface area contributed by atoms with E-state index in [1.165, 1.54) is 0 Å². The number of rotatable bonds is 6. The number of urea groups is 1. The van der Waals surface area contributed by atoms with Crippen molar-refractivity contribution < 1.29 is 14.3 Å². The normalized spacial score (nSPS) is 12.3. The van der Waals surface area contributed by atoms with Gasteiger partial charge in [-0.2, -0.15) is 0 Å². The lowest BCUT2D eigenvalue weighted by atomic mass is 10.1. The second kappa shape index (κ2) is 9.86. The Morgan fingerprint density at radius 3 is 2.48 bits per heavy atom. The minimum Gasteiger partial charge on any atom is -0.497 e. The zero-order chi connectivity index (χ0) is 23.2. The summed E-state index contributed by atoms with van der Waals surface area (Å²) in [7, 11) is 3.18. The molecule has 0 radical (unpaired) electrons. The summed E-state index contributed by atoms with van der Waals surface area (Å²) in [5, 5.41) is 8.83. The third-order valence-electron chi connectivity index (χ3n) is 4.94. The van der Waals surface area contributed by atoms with Crippen LogP contribution in [0.1, 0.15) is 12.5 Å². The SMILES string of the molecule is CCNC(=O)NC1=Nc2cc(Nc3ccncc3)ncc2CN1c1cc(OC)cc(OC)c1. The highest BCUT2D eigenvalue weighted by Crippen LogP contribution is 2.34.